The summed E-state index contributed by atoms with van der Waals surface area (Å²) in [5.74, 6) is 1.03. The predicted octanol–water partition coefficient (Wildman–Crippen LogP) is 2.80. The van der Waals surface area contributed by atoms with Crippen LogP contribution in [0.2, 0.25) is 0 Å². The molecule has 108 valence electrons. The van der Waals surface area contributed by atoms with E-state index >= 15 is 0 Å². The van der Waals surface area contributed by atoms with Crippen molar-refractivity contribution in [1.29, 1.82) is 0 Å². The van der Waals surface area contributed by atoms with Gasteiger partial charge in [0.1, 0.15) is 12.2 Å². The van der Waals surface area contributed by atoms with Crippen LogP contribution in [0, 0.1) is 0 Å². The molecular formula is C16H24N4. The van der Waals surface area contributed by atoms with Crippen LogP contribution in [0.3, 0.4) is 0 Å². The smallest absolute Gasteiger partial charge is 0.146 e. The Bertz CT molecular complexity index is 492. The van der Waals surface area contributed by atoms with Gasteiger partial charge in [0.05, 0.1) is 6.54 Å². The summed E-state index contributed by atoms with van der Waals surface area (Å²) in [7, 11) is 0. The molecule has 0 aliphatic heterocycles. The topological polar surface area (TPSA) is 42.7 Å². The number of benzene rings is 1. The molecule has 1 aromatic heterocycles. The second-order valence-electron chi connectivity index (χ2n) is 5.25. The third-order valence-corrected chi connectivity index (χ3v) is 3.48. The maximum atomic E-state index is 4.18. The number of hydrogen-bond donors (Lipinski definition) is 1. The molecule has 1 heterocycles. The summed E-state index contributed by atoms with van der Waals surface area (Å²) in [6.07, 6.45) is 5.16. The minimum absolute atomic E-state index is 0.474. The van der Waals surface area contributed by atoms with Gasteiger partial charge in [-0.05, 0) is 31.7 Å². The summed E-state index contributed by atoms with van der Waals surface area (Å²) in [5, 5.41) is 11.7. The highest BCUT2D eigenvalue weighted by molar-refractivity contribution is 5.14. The molecule has 20 heavy (non-hydrogen) atoms. The minimum atomic E-state index is 0.474. The highest BCUT2D eigenvalue weighted by atomic mass is 15.3. The number of aryl methyl sites for hydroxylation is 2. The van der Waals surface area contributed by atoms with Crippen molar-refractivity contribution in [2.24, 2.45) is 0 Å². The molecule has 0 radical (unpaired) electrons. The van der Waals surface area contributed by atoms with Crippen LogP contribution in [0.4, 0.5) is 0 Å². The van der Waals surface area contributed by atoms with Crippen molar-refractivity contribution in [1.82, 2.24) is 20.1 Å². The fourth-order valence-corrected chi connectivity index (χ4v) is 2.24. The van der Waals surface area contributed by atoms with Gasteiger partial charge >= 0.3 is 0 Å². The van der Waals surface area contributed by atoms with Gasteiger partial charge in [0.15, 0.2) is 0 Å². The van der Waals surface area contributed by atoms with E-state index in [-0.39, 0.29) is 0 Å². The van der Waals surface area contributed by atoms with E-state index in [1.54, 1.807) is 0 Å². The van der Waals surface area contributed by atoms with Gasteiger partial charge in [-0.2, -0.15) is 0 Å². The highest BCUT2D eigenvalue weighted by Crippen LogP contribution is 2.05. The van der Waals surface area contributed by atoms with Gasteiger partial charge in [0.25, 0.3) is 0 Å². The summed E-state index contributed by atoms with van der Waals surface area (Å²) in [5.41, 5.74) is 1.40. The molecule has 0 aliphatic rings. The lowest BCUT2D eigenvalue weighted by Gasteiger charge is -2.14. The van der Waals surface area contributed by atoms with Crippen LogP contribution in [0.1, 0.15) is 38.1 Å². The van der Waals surface area contributed by atoms with E-state index in [4.69, 9.17) is 0 Å². The lowest BCUT2D eigenvalue weighted by Crippen LogP contribution is -2.27. The molecule has 4 heteroatoms. The molecule has 0 saturated carbocycles. The zero-order valence-electron chi connectivity index (χ0n) is 12.4. The molecule has 2 aromatic rings. The van der Waals surface area contributed by atoms with Crippen LogP contribution in [0.25, 0.3) is 0 Å². The number of nitrogens with one attached hydrogen (secondary N) is 1. The number of aromatic nitrogens is 3. The maximum Gasteiger partial charge on any atom is 0.146 e. The molecule has 0 fully saturated rings. The quantitative estimate of drug-likeness (QED) is 0.803. The average Bonchev–Trinajstić information content (AvgIpc) is 2.92. The van der Waals surface area contributed by atoms with Gasteiger partial charge in [-0.15, -0.1) is 10.2 Å². The standard InChI is InChI=1S/C16H24N4/c1-3-11-20-13-18-19-16(20)12-17-14(2)9-10-15-7-5-4-6-8-15/h4-8,13-14,17H,3,9-12H2,1-2H3/t14-/m1/s1. The molecule has 2 rings (SSSR count). The van der Waals surface area contributed by atoms with Crippen LogP contribution in [0.5, 0.6) is 0 Å². The van der Waals surface area contributed by atoms with E-state index in [0.717, 1.165) is 38.2 Å². The summed E-state index contributed by atoms with van der Waals surface area (Å²) < 4.78 is 2.12. The third-order valence-electron chi connectivity index (χ3n) is 3.48. The summed E-state index contributed by atoms with van der Waals surface area (Å²) in [4.78, 5) is 0. The predicted molar refractivity (Wildman–Crippen MR) is 81.4 cm³/mol. The molecule has 0 saturated heterocycles. The number of nitrogens with zero attached hydrogens (tertiary/aromatic N) is 3. The van der Waals surface area contributed by atoms with Crippen molar-refractivity contribution in [3.8, 4) is 0 Å². The van der Waals surface area contributed by atoms with Crippen LogP contribution >= 0.6 is 0 Å². The molecule has 1 atom stereocenters. The van der Waals surface area contributed by atoms with Crippen LogP contribution in [-0.2, 0) is 19.5 Å². The Morgan fingerprint density at radius 2 is 2.05 bits per heavy atom. The molecule has 0 spiro atoms. The first kappa shape index (κ1) is 14.7. The molecular weight excluding hydrogens is 248 g/mol. The summed E-state index contributed by atoms with van der Waals surface area (Å²) in [6, 6.07) is 11.1. The lowest BCUT2D eigenvalue weighted by molar-refractivity contribution is 0.490. The fourth-order valence-electron chi connectivity index (χ4n) is 2.24. The first-order chi connectivity index (χ1) is 9.79. The first-order valence-corrected chi connectivity index (χ1v) is 7.43. The van der Waals surface area contributed by atoms with Gasteiger partial charge in [-0.25, -0.2) is 0 Å². The SMILES string of the molecule is CCCn1cnnc1CN[C@H](C)CCc1ccccc1. The third kappa shape index (κ3) is 4.46. The van der Waals surface area contributed by atoms with Crippen molar-refractivity contribution in [3.05, 3.63) is 48.0 Å². The molecule has 0 amide bonds. The van der Waals surface area contributed by atoms with E-state index in [1.165, 1.54) is 5.56 Å². The Morgan fingerprint density at radius 3 is 2.80 bits per heavy atom. The minimum Gasteiger partial charge on any atom is -0.317 e. The van der Waals surface area contributed by atoms with Gasteiger partial charge in [-0.3, -0.25) is 0 Å². The molecule has 1 aromatic carbocycles. The summed E-state index contributed by atoms with van der Waals surface area (Å²) in [6.45, 7) is 6.17. The van der Waals surface area contributed by atoms with Crippen LogP contribution in [-0.4, -0.2) is 20.8 Å². The monoisotopic (exact) mass is 272 g/mol. The highest BCUT2D eigenvalue weighted by Gasteiger charge is 2.06. The Kier molecular flexibility index (Phi) is 5.74. The van der Waals surface area contributed by atoms with E-state index in [9.17, 15) is 0 Å². The van der Waals surface area contributed by atoms with Crippen molar-refractivity contribution in [2.45, 2.75) is 52.2 Å². The molecule has 1 N–H and O–H groups in total. The molecule has 0 bridgehead atoms. The van der Waals surface area contributed by atoms with Crippen molar-refractivity contribution in [3.63, 3.8) is 0 Å². The Balaban J connectivity index is 1.74. The zero-order chi connectivity index (χ0) is 14.2. The van der Waals surface area contributed by atoms with Crippen molar-refractivity contribution < 1.29 is 0 Å². The molecule has 4 nitrogen and oxygen atoms in total. The van der Waals surface area contributed by atoms with Gasteiger partial charge in [0, 0.05) is 12.6 Å². The number of rotatable bonds is 8. The van der Waals surface area contributed by atoms with Gasteiger partial charge in [-0.1, -0.05) is 37.3 Å². The Morgan fingerprint density at radius 1 is 1.25 bits per heavy atom. The second-order valence-corrected chi connectivity index (χ2v) is 5.25. The van der Waals surface area contributed by atoms with Crippen molar-refractivity contribution >= 4 is 0 Å². The van der Waals surface area contributed by atoms with Gasteiger partial charge < -0.3 is 9.88 Å². The van der Waals surface area contributed by atoms with Crippen molar-refractivity contribution in [2.75, 3.05) is 0 Å². The maximum absolute atomic E-state index is 4.18. The van der Waals surface area contributed by atoms with E-state index in [0.29, 0.717) is 6.04 Å². The Hall–Kier alpha value is -1.68. The molecule has 0 aliphatic carbocycles. The van der Waals surface area contributed by atoms with Crippen LogP contribution < -0.4 is 5.32 Å². The van der Waals surface area contributed by atoms with Gasteiger partial charge in [0.2, 0.25) is 0 Å². The average molecular weight is 272 g/mol. The van der Waals surface area contributed by atoms with Crippen LogP contribution in [0.15, 0.2) is 36.7 Å². The fraction of sp³-hybridized carbons (Fsp3) is 0.500. The van der Waals surface area contributed by atoms with E-state index < -0.39 is 0 Å². The Labute approximate surface area is 121 Å². The van der Waals surface area contributed by atoms with E-state index in [2.05, 4.69) is 64.3 Å². The summed E-state index contributed by atoms with van der Waals surface area (Å²) >= 11 is 0. The normalized spacial score (nSPS) is 12.5. The number of hydrogen-bond acceptors (Lipinski definition) is 3. The zero-order valence-corrected chi connectivity index (χ0v) is 12.4. The van der Waals surface area contributed by atoms with E-state index in [1.807, 2.05) is 6.33 Å². The molecule has 0 unspecified atom stereocenters. The second kappa shape index (κ2) is 7.80. The largest absolute Gasteiger partial charge is 0.317 e. The first-order valence-electron chi connectivity index (χ1n) is 7.43. The lowest BCUT2D eigenvalue weighted by atomic mass is 10.1.